The van der Waals surface area contributed by atoms with Crippen molar-refractivity contribution in [2.24, 2.45) is 0 Å². The highest BCUT2D eigenvalue weighted by atomic mass is 19.3. The molecule has 8 aromatic rings. The molecule has 10 heteroatoms. The highest BCUT2D eigenvalue weighted by Crippen LogP contribution is 2.63. The lowest BCUT2D eigenvalue weighted by Gasteiger charge is -2.34. The summed E-state index contributed by atoms with van der Waals surface area (Å²) in [6.07, 6.45) is 2.69. The number of hydrogen-bond donors (Lipinski definition) is 0. The van der Waals surface area contributed by atoms with Crippen molar-refractivity contribution >= 4 is 36.5 Å². The molecule has 4 nitrogen and oxygen atoms in total. The molecule has 14 rings (SSSR count). The largest absolute Gasteiger partial charge is 0.737 e. The van der Waals surface area contributed by atoms with Crippen LogP contribution in [-0.4, -0.2) is 43.3 Å². The van der Waals surface area contributed by atoms with Crippen molar-refractivity contribution in [1.82, 2.24) is 8.96 Å². The maximum absolute atomic E-state index is 17.0. The van der Waals surface area contributed by atoms with Gasteiger partial charge in [0.2, 0.25) is 0 Å². The number of allylic oxidation sites excluding steroid dienone is 4. The van der Waals surface area contributed by atoms with E-state index in [2.05, 4.69) is 109 Å². The molecule has 85 heavy (non-hydrogen) atoms. The summed E-state index contributed by atoms with van der Waals surface area (Å²) in [5.74, 6) is 14.1. The SMILES string of the molecule is CCC1=C(C)C2=C(c3ccc(C#Cc4ccc5c(c4)C4(c6ccccc6-5)c5ccccc5-c5ccc(C#Cc6ccc(C7=C8C(C)=C(CC)C(C)=[N+]8[B-](F)(F)n8c(C)c(CC)c(C)c87)cc6)cc54)cc3)c3c(C)c(CC)c(C)n3[B-](F)(F)[N+]2=C1C. The first kappa shape index (κ1) is 54.1. The normalized spacial score (nSPS) is 16.9. The van der Waals surface area contributed by atoms with Crippen LogP contribution < -0.4 is 0 Å². The van der Waals surface area contributed by atoms with Gasteiger partial charge >= 0.3 is 13.9 Å². The van der Waals surface area contributed by atoms with Crippen molar-refractivity contribution in [2.45, 2.75) is 114 Å². The number of hydrogen-bond acceptors (Lipinski definition) is 0. The van der Waals surface area contributed by atoms with Crippen LogP contribution in [0.2, 0.25) is 0 Å². The summed E-state index contributed by atoms with van der Waals surface area (Å²) in [5, 5.41) is 0. The monoisotopic (exact) mass is 1120 g/mol. The summed E-state index contributed by atoms with van der Waals surface area (Å²) < 4.78 is 73.4. The molecule has 2 aromatic heterocycles. The molecule has 2 aliphatic carbocycles. The van der Waals surface area contributed by atoms with Gasteiger partial charge in [-0.25, -0.2) is 0 Å². The molecule has 0 amide bonds. The fourth-order valence-electron chi connectivity index (χ4n) is 16.5. The Morgan fingerprint density at radius 3 is 1.12 bits per heavy atom. The molecule has 0 unspecified atom stereocenters. The zero-order valence-corrected chi connectivity index (χ0v) is 50.5. The van der Waals surface area contributed by atoms with Crippen LogP contribution in [0.4, 0.5) is 17.3 Å². The Bertz CT molecular complexity index is 4410. The van der Waals surface area contributed by atoms with Gasteiger partial charge in [0.25, 0.3) is 0 Å². The summed E-state index contributed by atoms with van der Waals surface area (Å²) in [7, 11) is 0. The molecule has 6 aliphatic rings. The van der Waals surface area contributed by atoms with Gasteiger partial charge in [-0.3, -0.25) is 0 Å². The van der Waals surface area contributed by atoms with E-state index in [0.717, 1.165) is 100 Å². The lowest BCUT2D eigenvalue weighted by atomic mass is 9.70. The summed E-state index contributed by atoms with van der Waals surface area (Å²) in [4.78, 5) is 0. The van der Waals surface area contributed by atoms with Crippen LogP contribution in [-0.2, 0) is 18.3 Å². The van der Waals surface area contributed by atoms with E-state index >= 15 is 17.3 Å². The third-order valence-electron chi connectivity index (χ3n) is 20.1. The predicted molar refractivity (Wildman–Crippen MR) is 341 cm³/mol. The molecule has 420 valence electrons. The Kier molecular flexibility index (Phi) is 12.1. The first-order valence-corrected chi connectivity index (χ1v) is 30.2. The highest BCUT2D eigenvalue weighted by Gasteiger charge is 2.59. The third-order valence-corrected chi connectivity index (χ3v) is 20.1. The summed E-state index contributed by atoms with van der Waals surface area (Å²) in [6, 6.07) is 47.0. The molecule has 0 atom stereocenters. The average Bonchev–Trinajstić information content (AvgIpc) is 1.57. The second kappa shape index (κ2) is 19.1. The van der Waals surface area contributed by atoms with Crippen LogP contribution in [0.3, 0.4) is 0 Å². The van der Waals surface area contributed by atoms with E-state index in [1.807, 2.05) is 132 Å². The van der Waals surface area contributed by atoms with E-state index in [0.29, 0.717) is 71.3 Å². The van der Waals surface area contributed by atoms with Crippen molar-refractivity contribution in [2.75, 3.05) is 0 Å². The van der Waals surface area contributed by atoms with E-state index in [-0.39, 0.29) is 0 Å². The Morgan fingerprint density at radius 1 is 0.412 bits per heavy atom. The van der Waals surface area contributed by atoms with Crippen molar-refractivity contribution in [3.8, 4) is 45.9 Å². The maximum Gasteiger partial charge on any atom is 0.737 e. The first-order valence-electron chi connectivity index (χ1n) is 30.2. The molecule has 4 aliphatic heterocycles. The number of fused-ring (bicyclic) bond motifs is 14. The molecule has 1 spiro atoms. The zero-order valence-electron chi connectivity index (χ0n) is 50.5. The molecule has 0 saturated heterocycles. The lowest BCUT2D eigenvalue weighted by molar-refractivity contribution is -0.364. The predicted octanol–water partition coefficient (Wildman–Crippen LogP) is 17.2. The molecule has 0 fully saturated rings. The zero-order chi connectivity index (χ0) is 59.5. The van der Waals surface area contributed by atoms with Gasteiger partial charge in [-0.2, -0.15) is 0 Å². The van der Waals surface area contributed by atoms with Crippen LogP contribution >= 0.6 is 0 Å². The van der Waals surface area contributed by atoms with Gasteiger partial charge in [-0.05, 0) is 205 Å². The Hall–Kier alpha value is -8.85. The number of halogens is 4. The smallest absolute Gasteiger partial charge is 0.393 e. The van der Waals surface area contributed by atoms with Crippen LogP contribution in [0.1, 0.15) is 169 Å². The van der Waals surface area contributed by atoms with Gasteiger partial charge in [0.05, 0.1) is 16.6 Å². The van der Waals surface area contributed by atoms with E-state index in [4.69, 9.17) is 0 Å². The highest BCUT2D eigenvalue weighted by molar-refractivity contribution is 6.59. The maximum atomic E-state index is 17.0. The first-order chi connectivity index (χ1) is 40.9. The van der Waals surface area contributed by atoms with Gasteiger partial charge in [-0.1, -0.05) is 136 Å². The minimum atomic E-state index is -4.12. The van der Waals surface area contributed by atoms with Crippen molar-refractivity contribution < 1.29 is 26.2 Å². The fraction of sp³-hybridized carbons (Fsp3) is 0.227. The quantitative estimate of drug-likeness (QED) is 0.0896. The van der Waals surface area contributed by atoms with Gasteiger partial charge in [0, 0.05) is 69.8 Å². The van der Waals surface area contributed by atoms with Crippen molar-refractivity contribution in [1.29, 1.82) is 0 Å². The Labute approximate surface area is 497 Å². The molecule has 6 heterocycles. The molecular weight excluding hydrogens is 1050 g/mol. The average molecular weight is 1120 g/mol. The molecule has 6 aromatic carbocycles. The Morgan fingerprint density at radius 2 is 0.753 bits per heavy atom. The van der Waals surface area contributed by atoms with Crippen molar-refractivity contribution in [3.63, 3.8) is 0 Å². The van der Waals surface area contributed by atoms with Crippen LogP contribution in [0.5, 0.6) is 0 Å². The van der Waals surface area contributed by atoms with Crippen LogP contribution in [0, 0.1) is 51.4 Å². The van der Waals surface area contributed by atoms with Gasteiger partial charge in [0.15, 0.2) is 11.4 Å². The van der Waals surface area contributed by atoms with Crippen LogP contribution in [0.25, 0.3) is 33.4 Å². The number of aromatic nitrogens is 2. The standard InChI is InChI=1S/C75H66B2F4N4/c1-13-57-43(5)71-69(72-44(6)58(14-2)48(10)83(72)76(78,79)82(71)47(57)9)55-35-29-51(30-36-55)25-27-53-33-39-63-61-21-17-19-23-65(61)75(67(63)41-53)66-24-20-18-22-62(66)64-40-34-54(42-68(64)75)28-26-52-31-37-56(38-32-52)70-73-45(7)59(15-3)49(11)84(73)77(80,81)85-50(12)60(16-4)46(8)74(70)85/h17-24,29-42H,13-16H2,1-12H3. The van der Waals surface area contributed by atoms with Gasteiger partial charge in [-0.15, -0.1) is 0 Å². The van der Waals surface area contributed by atoms with Crippen LogP contribution in [0.15, 0.2) is 167 Å². The topological polar surface area (TPSA) is 15.9 Å². The summed E-state index contributed by atoms with van der Waals surface area (Å²) in [5.41, 5.74) is 28.1. The number of rotatable bonds is 6. The lowest BCUT2D eigenvalue weighted by Crippen LogP contribution is -2.51. The molecular formula is C75H66B2F4N4. The summed E-state index contributed by atoms with van der Waals surface area (Å²) in [6.45, 7) is 15.3. The molecule has 0 N–H and O–H groups in total. The second-order valence-electron chi connectivity index (χ2n) is 24.0. The number of benzene rings is 6. The minimum Gasteiger partial charge on any atom is -0.393 e. The van der Waals surface area contributed by atoms with E-state index in [1.165, 1.54) is 51.3 Å². The minimum absolute atomic E-state index is 0.607. The molecule has 0 saturated carbocycles. The fourth-order valence-corrected chi connectivity index (χ4v) is 16.5. The molecule has 0 radical (unpaired) electrons. The number of nitrogens with zero attached hydrogens (tertiary/aromatic N) is 4. The van der Waals surface area contributed by atoms with Gasteiger partial charge < -0.3 is 35.2 Å². The second-order valence-corrected chi connectivity index (χ2v) is 24.0. The van der Waals surface area contributed by atoms with E-state index < -0.39 is 19.4 Å². The molecule has 0 bridgehead atoms. The Balaban J connectivity index is 0.836. The third kappa shape index (κ3) is 7.15. The van der Waals surface area contributed by atoms with E-state index in [9.17, 15) is 0 Å². The van der Waals surface area contributed by atoms with Crippen molar-refractivity contribution in [3.05, 3.63) is 268 Å². The van der Waals surface area contributed by atoms with E-state index in [1.54, 1.807) is 0 Å². The van der Waals surface area contributed by atoms with Gasteiger partial charge in [0.1, 0.15) is 11.4 Å². The summed E-state index contributed by atoms with van der Waals surface area (Å²) >= 11 is 0.